The molecule has 83 heavy (non-hydrogen) atoms. The molecule has 3 aliphatic heterocycles. The van der Waals surface area contributed by atoms with Crippen molar-refractivity contribution in [2.24, 2.45) is 10.9 Å². The molecule has 6 atom stereocenters. The predicted molar refractivity (Wildman–Crippen MR) is 301 cm³/mol. The second kappa shape index (κ2) is 26.8. The van der Waals surface area contributed by atoms with Crippen molar-refractivity contribution in [3.63, 3.8) is 0 Å². The highest BCUT2D eigenvalue weighted by Gasteiger charge is 2.46. The van der Waals surface area contributed by atoms with Gasteiger partial charge < -0.3 is 70.6 Å². The van der Waals surface area contributed by atoms with Gasteiger partial charge in [0, 0.05) is 50.7 Å². The number of ether oxygens (including phenoxy) is 3. The van der Waals surface area contributed by atoms with Crippen LogP contribution in [0.1, 0.15) is 61.8 Å². The Morgan fingerprint density at radius 2 is 1.59 bits per heavy atom. The van der Waals surface area contributed by atoms with Gasteiger partial charge in [-0.15, -0.1) is 0 Å². The van der Waals surface area contributed by atoms with Gasteiger partial charge in [0.15, 0.2) is 21.1 Å². The second-order valence-electron chi connectivity index (χ2n) is 19.0. The van der Waals surface area contributed by atoms with E-state index in [4.69, 9.17) is 44.4 Å². The summed E-state index contributed by atoms with van der Waals surface area (Å²) in [5.74, 6) is 2.62. The number of carboxylic acids is 1. The highest BCUT2D eigenvalue weighted by molar-refractivity contribution is 8.77. The number of aromatic carboxylic acids is 1. The number of rotatable bonds is 24. The van der Waals surface area contributed by atoms with E-state index in [0.29, 0.717) is 0 Å². The Hall–Kier alpha value is -4.29. The fourth-order valence-electron chi connectivity index (χ4n) is 7.69. The van der Waals surface area contributed by atoms with E-state index in [1.54, 1.807) is 13.8 Å². The number of carbonyl (C=O) groups excluding carboxylic acids is 2. The molecule has 456 valence electrons. The topological polar surface area (TPSA) is 493 Å². The van der Waals surface area contributed by atoms with Crippen LogP contribution >= 0.6 is 66.6 Å². The lowest BCUT2D eigenvalue weighted by Crippen LogP contribution is -2.54. The highest BCUT2D eigenvalue weighted by Crippen LogP contribution is 2.66. The number of nitrogen functional groups attached to an aromatic ring is 1. The van der Waals surface area contributed by atoms with Crippen LogP contribution in [0.25, 0.3) is 33.4 Å². The zero-order chi connectivity index (χ0) is 61.8. The van der Waals surface area contributed by atoms with E-state index in [1.165, 1.54) is 67.6 Å². The van der Waals surface area contributed by atoms with Gasteiger partial charge >= 0.3 is 45.6 Å². The van der Waals surface area contributed by atoms with Gasteiger partial charge in [-0.05, 0) is 55.8 Å². The van der Waals surface area contributed by atoms with E-state index in [-0.39, 0.29) is 69.4 Å². The molecule has 3 unspecified atom stereocenters. The predicted octanol–water partition coefficient (Wildman–Crippen LogP) is 5.31. The quantitative estimate of drug-likeness (QED) is 0.00404. The molecule has 1 aliphatic carbocycles. The van der Waals surface area contributed by atoms with E-state index in [9.17, 15) is 74.1 Å². The summed E-state index contributed by atoms with van der Waals surface area (Å²) < 4.78 is 141. The summed E-state index contributed by atoms with van der Waals surface area (Å²) in [6.07, 6.45) is -3.10. The second-order valence-corrected chi connectivity index (χ2v) is 32.1. The van der Waals surface area contributed by atoms with Crippen LogP contribution in [-0.2, 0) is 61.3 Å². The van der Waals surface area contributed by atoms with E-state index in [2.05, 4.69) is 36.3 Å². The van der Waals surface area contributed by atoms with Crippen molar-refractivity contribution in [3.8, 4) is 34.3 Å². The van der Waals surface area contributed by atoms with Crippen LogP contribution in [0.15, 0.2) is 73.6 Å². The zero-order valence-electron chi connectivity index (χ0n) is 43.5. The maximum Gasteiger partial charge on any atom is 0.490 e. The van der Waals surface area contributed by atoms with Crippen LogP contribution in [0.4, 0.5) is 10.5 Å². The third-order valence-corrected chi connectivity index (χ3v) is 22.6. The minimum atomic E-state index is -5.82. The number of nitrogens with one attached hydrogen (secondary N) is 2. The number of hydrogen-bond donors (Lipinski definition) is 12. The van der Waals surface area contributed by atoms with Gasteiger partial charge in [-0.1, -0.05) is 87.0 Å². The van der Waals surface area contributed by atoms with Gasteiger partial charge in [-0.3, -0.25) is 23.3 Å². The molecule has 6 rings (SSSR count). The van der Waals surface area contributed by atoms with Crippen molar-refractivity contribution < 1.29 is 116 Å². The monoisotopic (exact) mass is 1340 g/mol. The van der Waals surface area contributed by atoms with Crippen molar-refractivity contribution in [1.29, 1.82) is 0 Å². The van der Waals surface area contributed by atoms with Crippen molar-refractivity contribution in [1.82, 2.24) is 15.5 Å². The number of carboxylic acid groups (broad SMARTS) is 1. The fourth-order valence-corrected chi connectivity index (χ4v) is 16.4. The van der Waals surface area contributed by atoms with E-state index < -0.39 is 135 Å². The summed E-state index contributed by atoms with van der Waals surface area (Å²) in [6, 6.07) is 7.06. The van der Waals surface area contributed by atoms with Crippen LogP contribution < -0.4 is 27.5 Å². The van der Waals surface area contributed by atoms with E-state index in [0.717, 1.165) is 29.2 Å². The van der Waals surface area contributed by atoms with Gasteiger partial charge in [0.2, 0.25) is 0 Å². The Kier molecular flexibility index (Phi) is 21.9. The Labute approximate surface area is 488 Å². The molecule has 0 spiro atoms. The summed E-state index contributed by atoms with van der Waals surface area (Å²) in [5, 5.41) is 27.2. The number of carbonyl (C=O) groups is 3. The van der Waals surface area contributed by atoms with Gasteiger partial charge in [0.1, 0.15) is 42.3 Å². The molecule has 3 amide bonds. The van der Waals surface area contributed by atoms with Crippen LogP contribution in [0.3, 0.4) is 0 Å². The average Bonchev–Trinajstić information content (AvgIpc) is 1.41. The summed E-state index contributed by atoms with van der Waals surface area (Å²) in [6.45, 7) is 8.51. The molecule has 1 fully saturated rings. The van der Waals surface area contributed by atoms with Crippen molar-refractivity contribution in [2.45, 2.75) is 84.9 Å². The smallest absolute Gasteiger partial charge is 0.478 e. The SMILES string of the molecule is CC(C)(C)SSCO[C@@H]1C[C@H](N2C=C(C#CCOCSSC(C)(C)CNC(=O)c3ccc(-c4c5cc/c(=N\O)c(S(=O)(=O)O)c-5oc5c(S(=O)(=O)O)c(N)ccc45)c(C(=O)O)c3)C(N)NC2=O)O[C@@H]1COP(=O)(O)OP(=O)(O)OP(=O)(O)O. The molecule has 14 N–H and O–H groups in total. The molecule has 31 nitrogen and oxygen atoms in total. The Balaban J connectivity index is 1.09. The van der Waals surface area contributed by atoms with Crippen LogP contribution in [0.2, 0.25) is 0 Å². The summed E-state index contributed by atoms with van der Waals surface area (Å²) in [5.41, 5.74) is 9.53. The largest absolute Gasteiger partial charge is 0.490 e. The molecular formula is C43H53N6O25P3S6. The standard InChI is InChI=1S/C43H53N6O25P3S6/c1-42(2,3)80-79-21-69-30-16-32(71-31(30)18-70-76(58,59)74-77(60,61)73-75(55,56)57)49-17-23(38(45)47-41(49)53)7-6-14-68-20-78-81-43(4,5)19-46-39(50)22-8-9-24(27(15-22)40(51)52)33-25-10-12-28(44)36(82(62,63)64)34(25)72-35-26(33)11-13-29(48-54)37(35)83(65,66)67/h8-13,15,17,30-32,38,54H,14,16,18-21,44-45H2,1-5H3,(H,46,50)(H,47,53)(H,51,52)(H,58,59)(H,60,61)(H2,55,56,57)(H,62,63,64)(H,65,66,67)/b48-29+/t30-,31-,32-,38?/m1/s1. The number of benzene rings is 3. The van der Waals surface area contributed by atoms with Crippen LogP contribution in [0, 0.1) is 11.8 Å². The number of nitrogens with two attached hydrogens (primary N) is 2. The number of amides is 3. The lowest BCUT2D eigenvalue weighted by atomic mass is 9.89. The highest BCUT2D eigenvalue weighted by atomic mass is 33.1. The van der Waals surface area contributed by atoms with Gasteiger partial charge in [0.05, 0.1) is 29.5 Å². The van der Waals surface area contributed by atoms with Gasteiger partial charge in [0.25, 0.3) is 16.0 Å². The fraction of sp³-hybridized carbons (Fsp3) is 0.395. The molecule has 0 aromatic heterocycles. The summed E-state index contributed by atoms with van der Waals surface area (Å²) in [7, 11) is -22.2. The first-order valence-electron chi connectivity index (χ1n) is 23.2. The number of anilines is 1. The third-order valence-electron chi connectivity index (χ3n) is 11.0. The molecule has 4 aliphatic rings. The maximum absolute atomic E-state index is 13.6. The lowest BCUT2D eigenvalue weighted by molar-refractivity contribution is -0.0609. The van der Waals surface area contributed by atoms with E-state index in [1.807, 2.05) is 20.8 Å². The van der Waals surface area contributed by atoms with Crippen molar-refractivity contribution in [2.75, 3.05) is 37.4 Å². The molecule has 0 bridgehead atoms. The molecule has 0 radical (unpaired) electrons. The van der Waals surface area contributed by atoms with Crippen LogP contribution in [-0.4, -0.2) is 144 Å². The molecular weight excluding hydrogens is 1290 g/mol. The first-order valence-corrected chi connectivity index (χ1v) is 35.2. The van der Waals surface area contributed by atoms with Crippen molar-refractivity contribution >= 4 is 121 Å². The number of phosphoric ester groups is 1. The normalized spacial score (nSPS) is 19.9. The first-order chi connectivity index (χ1) is 38.3. The molecule has 1 saturated heterocycles. The molecule has 40 heteroatoms. The number of hydrogen-bond acceptors (Lipinski definition) is 25. The molecule has 2 aromatic rings. The number of phosphoric acid groups is 3. The van der Waals surface area contributed by atoms with Gasteiger partial charge in [-0.25, -0.2) is 23.3 Å². The maximum atomic E-state index is 13.6. The lowest BCUT2D eigenvalue weighted by Gasteiger charge is -2.32. The molecule has 0 saturated carbocycles. The number of urea groups is 1. The third kappa shape index (κ3) is 18.4. The summed E-state index contributed by atoms with van der Waals surface area (Å²) >= 11 is 0. The van der Waals surface area contributed by atoms with E-state index >= 15 is 0 Å². The minimum Gasteiger partial charge on any atom is -0.478 e. The number of fused-ring (bicyclic) bond motifs is 2. The minimum absolute atomic E-state index is 0.0229. The molecule has 3 heterocycles. The summed E-state index contributed by atoms with van der Waals surface area (Å²) in [4.78, 5) is 75.9. The first kappa shape index (κ1) is 67.8. The van der Waals surface area contributed by atoms with Gasteiger partial charge in [-0.2, -0.15) is 25.5 Å². The zero-order valence-corrected chi connectivity index (χ0v) is 51.1. The Morgan fingerprint density at radius 1 is 0.928 bits per heavy atom. The molecule has 2 aromatic carbocycles. The van der Waals surface area contributed by atoms with Crippen LogP contribution in [0.5, 0.6) is 0 Å². The van der Waals surface area contributed by atoms with Crippen molar-refractivity contribution in [3.05, 3.63) is 70.7 Å². The Bertz CT molecular complexity index is 3700. The number of nitrogens with zero attached hydrogens (tertiary/aromatic N) is 2. The average molecular weight is 1340 g/mol. The Morgan fingerprint density at radius 3 is 2.22 bits per heavy atom.